The van der Waals surface area contributed by atoms with Crippen LogP contribution in [0.25, 0.3) is 16.9 Å². The van der Waals surface area contributed by atoms with Gasteiger partial charge in [0.15, 0.2) is 0 Å². The second-order valence-electron chi connectivity index (χ2n) is 4.50. The van der Waals surface area contributed by atoms with Crippen LogP contribution in [0.4, 0.5) is 19.1 Å². The van der Waals surface area contributed by atoms with Gasteiger partial charge in [-0.2, -0.15) is 17.9 Å². The van der Waals surface area contributed by atoms with E-state index in [9.17, 15) is 13.2 Å². The van der Waals surface area contributed by atoms with Crippen molar-refractivity contribution in [2.75, 3.05) is 5.73 Å². The third-order valence-corrected chi connectivity index (χ3v) is 3.47. The maximum Gasteiger partial charge on any atom is 0.453 e. The standard InChI is InChI=1S/C12H6Cl2F3N7/c13-5-1-2-6(7(14)3-5)9-8(4-19-11(18)20-9)24-10(12(15,16)17)21-22-23-24/h1-4H,(H2,18,19,20). The number of aromatic nitrogens is 6. The Morgan fingerprint density at radius 2 is 1.92 bits per heavy atom. The van der Waals surface area contributed by atoms with Gasteiger partial charge in [-0.05, 0) is 28.6 Å². The number of hydrogen-bond acceptors (Lipinski definition) is 6. The molecule has 0 aliphatic rings. The second-order valence-corrected chi connectivity index (χ2v) is 5.34. The lowest BCUT2D eigenvalue weighted by atomic mass is 10.1. The topological polar surface area (TPSA) is 95.4 Å². The van der Waals surface area contributed by atoms with Crippen LogP contribution in [0.1, 0.15) is 5.82 Å². The monoisotopic (exact) mass is 375 g/mol. The third-order valence-electron chi connectivity index (χ3n) is 2.93. The first-order chi connectivity index (χ1) is 11.3. The molecular formula is C12H6Cl2F3N7. The van der Waals surface area contributed by atoms with E-state index in [4.69, 9.17) is 28.9 Å². The van der Waals surface area contributed by atoms with E-state index in [1.54, 1.807) is 0 Å². The zero-order valence-corrected chi connectivity index (χ0v) is 13.0. The lowest BCUT2D eigenvalue weighted by molar-refractivity contribution is -0.146. The number of nitrogen functional groups attached to an aromatic ring is 1. The number of nitrogens with zero attached hydrogens (tertiary/aromatic N) is 6. The summed E-state index contributed by atoms with van der Waals surface area (Å²) in [4.78, 5) is 7.67. The highest BCUT2D eigenvalue weighted by atomic mass is 35.5. The Kier molecular flexibility index (Phi) is 4.01. The van der Waals surface area contributed by atoms with Crippen molar-refractivity contribution in [2.45, 2.75) is 6.18 Å². The van der Waals surface area contributed by atoms with E-state index in [-0.39, 0.29) is 22.4 Å². The Hall–Kier alpha value is -2.46. The van der Waals surface area contributed by atoms with Gasteiger partial charge in [0.2, 0.25) is 5.95 Å². The SMILES string of the molecule is Nc1ncc(-n2nnnc2C(F)(F)F)c(-c2ccc(Cl)cc2Cl)n1. The van der Waals surface area contributed by atoms with Crippen molar-refractivity contribution in [3.63, 3.8) is 0 Å². The molecule has 0 saturated heterocycles. The lowest BCUT2D eigenvalue weighted by Gasteiger charge is -2.12. The number of rotatable bonds is 2. The summed E-state index contributed by atoms with van der Waals surface area (Å²) in [6.07, 6.45) is -3.69. The summed E-state index contributed by atoms with van der Waals surface area (Å²) in [7, 11) is 0. The van der Waals surface area contributed by atoms with E-state index in [0.29, 0.717) is 15.3 Å². The molecule has 0 spiro atoms. The smallest absolute Gasteiger partial charge is 0.368 e. The molecule has 0 unspecified atom stereocenters. The van der Waals surface area contributed by atoms with Crippen molar-refractivity contribution in [1.29, 1.82) is 0 Å². The molecule has 0 aliphatic heterocycles. The summed E-state index contributed by atoms with van der Waals surface area (Å²) in [5, 5.41) is 9.94. The fourth-order valence-corrected chi connectivity index (χ4v) is 2.45. The van der Waals surface area contributed by atoms with E-state index in [0.717, 1.165) is 6.20 Å². The van der Waals surface area contributed by atoms with Crippen LogP contribution in [0.2, 0.25) is 10.0 Å². The number of anilines is 1. The number of benzene rings is 1. The van der Waals surface area contributed by atoms with Gasteiger partial charge in [0.25, 0.3) is 5.82 Å². The predicted octanol–water partition coefficient (Wildman–Crippen LogP) is 3.03. The minimum absolute atomic E-state index is 0.0296. The highest BCUT2D eigenvalue weighted by Gasteiger charge is 2.39. The van der Waals surface area contributed by atoms with Crippen LogP contribution in [0.3, 0.4) is 0 Å². The van der Waals surface area contributed by atoms with Crippen LogP contribution in [-0.2, 0) is 6.18 Å². The van der Waals surface area contributed by atoms with Gasteiger partial charge in [-0.3, -0.25) is 0 Å². The number of halogens is 5. The minimum atomic E-state index is -4.77. The molecule has 7 nitrogen and oxygen atoms in total. The van der Waals surface area contributed by atoms with Gasteiger partial charge in [-0.1, -0.05) is 23.2 Å². The molecule has 0 atom stereocenters. The zero-order valence-electron chi connectivity index (χ0n) is 11.5. The molecule has 24 heavy (non-hydrogen) atoms. The van der Waals surface area contributed by atoms with Gasteiger partial charge in [0.1, 0.15) is 11.4 Å². The quantitative estimate of drug-likeness (QED) is 0.739. The largest absolute Gasteiger partial charge is 0.453 e. The Balaban J connectivity index is 2.26. The zero-order chi connectivity index (χ0) is 17.5. The first-order valence-electron chi connectivity index (χ1n) is 6.21. The molecule has 2 aromatic heterocycles. The Bertz CT molecular complexity index is 910. The van der Waals surface area contributed by atoms with E-state index < -0.39 is 12.0 Å². The summed E-state index contributed by atoms with van der Waals surface area (Å²) in [5.41, 5.74) is 5.74. The number of tetrazole rings is 1. The number of hydrogen-bond donors (Lipinski definition) is 1. The van der Waals surface area contributed by atoms with Gasteiger partial charge in [-0.15, -0.1) is 5.10 Å². The summed E-state index contributed by atoms with van der Waals surface area (Å²) < 4.78 is 39.6. The fourth-order valence-electron chi connectivity index (χ4n) is 1.95. The Morgan fingerprint density at radius 1 is 1.17 bits per heavy atom. The molecule has 12 heteroatoms. The van der Waals surface area contributed by atoms with Gasteiger partial charge in [0, 0.05) is 10.6 Å². The average molecular weight is 376 g/mol. The van der Waals surface area contributed by atoms with Gasteiger partial charge >= 0.3 is 6.18 Å². The van der Waals surface area contributed by atoms with Crippen LogP contribution in [0.15, 0.2) is 24.4 Å². The van der Waals surface area contributed by atoms with Crippen LogP contribution in [0, 0.1) is 0 Å². The number of nitrogens with two attached hydrogens (primary N) is 1. The Labute approximate surface area is 142 Å². The molecule has 2 heterocycles. The van der Waals surface area contributed by atoms with Crippen molar-refractivity contribution in [2.24, 2.45) is 0 Å². The van der Waals surface area contributed by atoms with Crippen molar-refractivity contribution < 1.29 is 13.2 Å². The summed E-state index contributed by atoms with van der Waals surface area (Å²) in [5.74, 6) is -1.48. The molecule has 3 rings (SSSR count). The highest BCUT2D eigenvalue weighted by molar-refractivity contribution is 6.36. The van der Waals surface area contributed by atoms with Crippen molar-refractivity contribution in [3.05, 3.63) is 40.3 Å². The normalized spacial score (nSPS) is 11.7. The molecule has 0 bridgehead atoms. The summed E-state index contributed by atoms with van der Waals surface area (Å²) >= 11 is 11.9. The molecule has 0 amide bonds. The van der Waals surface area contributed by atoms with Gasteiger partial charge in [0.05, 0.1) is 11.2 Å². The van der Waals surface area contributed by atoms with Gasteiger partial charge in [-0.25, -0.2) is 9.97 Å². The molecule has 124 valence electrons. The minimum Gasteiger partial charge on any atom is -0.368 e. The molecule has 0 radical (unpaired) electrons. The van der Waals surface area contributed by atoms with Crippen LogP contribution >= 0.6 is 23.2 Å². The maximum atomic E-state index is 13.0. The van der Waals surface area contributed by atoms with Crippen LogP contribution in [-0.4, -0.2) is 30.2 Å². The molecule has 1 aromatic carbocycles. The van der Waals surface area contributed by atoms with Gasteiger partial charge < -0.3 is 5.73 Å². The first-order valence-corrected chi connectivity index (χ1v) is 6.97. The van der Waals surface area contributed by atoms with Crippen molar-refractivity contribution >= 4 is 29.2 Å². The summed E-state index contributed by atoms with van der Waals surface area (Å²) in [6, 6.07) is 4.42. The molecule has 0 saturated carbocycles. The Morgan fingerprint density at radius 3 is 2.58 bits per heavy atom. The fraction of sp³-hybridized carbons (Fsp3) is 0.0833. The average Bonchev–Trinajstić information content (AvgIpc) is 2.96. The third kappa shape index (κ3) is 2.97. The molecule has 0 aliphatic carbocycles. The van der Waals surface area contributed by atoms with E-state index in [1.165, 1.54) is 18.2 Å². The first kappa shape index (κ1) is 16.4. The van der Waals surface area contributed by atoms with Crippen LogP contribution < -0.4 is 5.73 Å². The highest BCUT2D eigenvalue weighted by Crippen LogP contribution is 2.35. The van der Waals surface area contributed by atoms with E-state index in [2.05, 4.69) is 25.5 Å². The molecular weight excluding hydrogens is 370 g/mol. The van der Waals surface area contributed by atoms with E-state index >= 15 is 0 Å². The van der Waals surface area contributed by atoms with Crippen LogP contribution in [0.5, 0.6) is 0 Å². The number of alkyl halides is 3. The lowest BCUT2D eigenvalue weighted by Crippen LogP contribution is -2.16. The molecule has 2 N–H and O–H groups in total. The van der Waals surface area contributed by atoms with Crippen molar-refractivity contribution in [1.82, 2.24) is 30.2 Å². The predicted molar refractivity (Wildman–Crippen MR) is 79.6 cm³/mol. The summed E-state index contributed by atoms with van der Waals surface area (Å²) in [6.45, 7) is 0. The maximum absolute atomic E-state index is 13.0. The molecule has 0 fully saturated rings. The van der Waals surface area contributed by atoms with Crippen molar-refractivity contribution in [3.8, 4) is 16.9 Å². The van der Waals surface area contributed by atoms with E-state index in [1.807, 2.05) is 0 Å². The second kappa shape index (κ2) is 5.87. The molecule has 3 aromatic rings.